The Balaban J connectivity index is 0.00000324. The Morgan fingerprint density at radius 1 is 0.917 bits per heavy atom. The van der Waals surface area contributed by atoms with Crippen molar-refractivity contribution in [1.29, 1.82) is 0 Å². The largest absolute Gasteiger partial charge is 0.423 e. The summed E-state index contributed by atoms with van der Waals surface area (Å²) in [5.41, 5.74) is 12.0. The number of nitrogens with zero attached hydrogens (tertiary/aromatic N) is 3. The number of piperazine rings is 1. The van der Waals surface area contributed by atoms with Crippen molar-refractivity contribution in [3.05, 3.63) is 59.7 Å². The molecule has 0 saturated carbocycles. The summed E-state index contributed by atoms with van der Waals surface area (Å²) in [5, 5.41) is 2.88. The van der Waals surface area contributed by atoms with Gasteiger partial charge in [-0.2, -0.15) is 0 Å². The summed E-state index contributed by atoms with van der Waals surface area (Å²) in [6, 6.07) is 12.9. The van der Waals surface area contributed by atoms with E-state index in [-0.39, 0.29) is 48.6 Å². The molecule has 36 heavy (non-hydrogen) atoms. The highest BCUT2D eigenvalue weighted by molar-refractivity contribution is 5.95. The van der Waals surface area contributed by atoms with E-state index in [2.05, 4.69) is 10.3 Å². The predicted molar refractivity (Wildman–Crippen MR) is 143 cm³/mol. The van der Waals surface area contributed by atoms with Gasteiger partial charge < -0.3 is 26.4 Å². The Bertz CT molecular complexity index is 1050. The molecule has 1 fully saturated rings. The van der Waals surface area contributed by atoms with Crippen LogP contribution < -0.4 is 21.5 Å². The van der Waals surface area contributed by atoms with Gasteiger partial charge in [-0.1, -0.05) is 0 Å². The monoisotopic (exact) mass is 538 g/mol. The van der Waals surface area contributed by atoms with Crippen molar-refractivity contribution in [3.63, 3.8) is 0 Å². The first-order chi connectivity index (χ1) is 16.2. The molecule has 1 heterocycles. The lowest BCUT2D eigenvalue weighted by molar-refractivity contribution is -0.123. The van der Waals surface area contributed by atoms with Gasteiger partial charge in [-0.25, -0.2) is 9.79 Å². The van der Waals surface area contributed by atoms with Crippen LogP contribution in [0.4, 0.5) is 5.69 Å². The lowest BCUT2D eigenvalue weighted by Gasteiger charge is -2.34. The number of hydrogen-bond acceptors (Lipinski definition) is 6. The van der Waals surface area contributed by atoms with E-state index in [9.17, 15) is 14.4 Å². The second-order valence-electron chi connectivity index (χ2n) is 8.29. The van der Waals surface area contributed by atoms with Gasteiger partial charge in [0.25, 0.3) is 5.91 Å². The minimum atomic E-state index is -0.534. The Morgan fingerprint density at radius 2 is 1.47 bits per heavy atom. The standard InChI is InChI=1S/C24H30N6O4.2ClH/c1-16(2)27-21(31)15-29-11-13-30(14-12-29)22(32)17-5-9-20(10-6-17)34-23(33)18-3-7-19(8-4-18)28-24(25)26;;/h3-10,16H,11-15H2,1-2H3,(H,27,31)(H4,25,26,28);2*1H. The molecule has 5 N–H and O–H groups in total. The van der Waals surface area contributed by atoms with Crippen molar-refractivity contribution in [3.8, 4) is 5.75 Å². The quantitative estimate of drug-likeness (QED) is 0.211. The number of hydrogen-bond donors (Lipinski definition) is 3. The number of ether oxygens (including phenoxy) is 1. The molecule has 0 radical (unpaired) electrons. The fourth-order valence-corrected chi connectivity index (χ4v) is 3.51. The molecule has 1 aliphatic rings. The summed E-state index contributed by atoms with van der Waals surface area (Å²) < 4.78 is 5.39. The molecule has 2 amide bonds. The van der Waals surface area contributed by atoms with E-state index in [4.69, 9.17) is 16.2 Å². The number of rotatable bonds is 7. The Morgan fingerprint density at radius 3 is 2.00 bits per heavy atom. The maximum atomic E-state index is 12.8. The van der Waals surface area contributed by atoms with Crippen LogP contribution in [0.2, 0.25) is 0 Å². The zero-order valence-corrected chi connectivity index (χ0v) is 21.8. The van der Waals surface area contributed by atoms with Gasteiger partial charge in [0.15, 0.2) is 5.96 Å². The lowest BCUT2D eigenvalue weighted by atomic mass is 10.1. The number of nitrogens with one attached hydrogen (secondary N) is 1. The molecule has 0 unspecified atom stereocenters. The van der Waals surface area contributed by atoms with Gasteiger partial charge in [0.2, 0.25) is 5.91 Å². The third kappa shape index (κ3) is 9.03. The van der Waals surface area contributed by atoms with E-state index in [1.807, 2.05) is 18.7 Å². The van der Waals surface area contributed by atoms with Crippen molar-refractivity contribution in [2.24, 2.45) is 16.5 Å². The summed E-state index contributed by atoms with van der Waals surface area (Å²) >= 11 is 0. The number of amides is 2. The minimum absolute atomic E-state index is 0. The van der Waals surface area contributed by atoms with Crippen LogP contribution in [-0.2, 0) is 4.79 Å². The summed E-state index contributed by atoms with van der Waals surface area (Å²) in [6.45, 7) is 6.53. The van der Waals surface area contributed by atoms with Crippen molar-refractivity contribution in [2.75, 3.05) is 32.7 Å². The molecule has 2 aromatic rings. The number of halogens is 2. The van der Waals surface area contributed by atoms with E-state index < -0.39 is 5.97 Å². The Kier molecular flexibility index (Phi) is 12.2. The van der Waals surface area contributed by atoms with Crippen LogP contribution in [0, 0.1) is 0 Å². The highest BCUT2D eigenvalue weighted by Gasteiger charge is 2.23. The molecule has 10 nitrogen and oxygen atoms in total. The van der Waals surface area contributed by atoms with Crippen LogP contribution in [0.5, 0.6) is 5.75 Å². The van der Waals surface area contributed by atoms with E-state index in [0.717, 1.165) is 0 Å². The lowest BCUT2D eigenvalue weighted by Crippen LogP contribution is -2.51. The van der Waals surface area contributed by atoms with E-state index >= 15 is 0 Å². The van der Waals surface area contributed by atoms with Crippen LogP contribution >= 0.6 is 24.8 Å². The van der Waals surface area contributed by atoms with Crippen molar-refractivity contribution < 1.29 is 19.1 Å². The van der Waals surface area contributed by atoms with Crippen LogP contribution in [-0.4, -0.2) is 72.3 Å². The van der Waals surface area contributed by atoms with Crippen LogP contribution in [0.15, 0.2) is 53.5 Å². The molecule has 0 spiro atoms. The first-order valence-electron chi connectivity index (χ1n) is 11.0. The zero-order chi connectivity index (χ0) is 24.7. The normalized spacial score (nSPS) is 13.1. The zero-order valence-electron chi connectivity index (χ0n) is 20.2. The van der Waals surface area contributed by atoms with Gasteiger partial charge in [0.1, 0.15) is 5.75 Å². The van der Waals surface area contributed by atoms with Gasteiger partial charge in [0.05, 0.1) is 17.8 Å². The van der Waals surface area contributed by atoms with Crippen LogP contribution in [0.1, 0.15) is 34.6 Å². The highest BCUT2D eigenvalue weighted by Crippen LogP contribution is 2.18. The summed E-state index contributed by atoms with van der Waals surface area (Å²) in [6.07, 6.45) is 0. The van der Waals surface area contributed by atoms with E-state index in [1.165, 1.54) is 0 Å². The molecule has 0 aliphatic carbocycles. The maximum Gasteiger partial charge on any atom is 0.343 e. The SMILES string of the molecule is CC(C)NC(=O)CN1CCN(C(=O)c2ccc(OC(=O)c3ccc(N=C(N)N)cc3)cc2)CC1.Cl.Cl. The summed E-state index contributed by atoms with van der Waals surface area (Å²) in [7, 11) is 0. The predicted octanol–water partition coefficient (Wildman–Crippen LogP) is 1.94. The van der Waals surface area contributed by atoms with Crippen LogP contribution in [0.25, 0.3) is 0 Å². The third-order valence-corrected chi connectivity index (χ3v) is 5.15. The molecule has 12 heteroatoms. The summed E-state index contributed by atoms with van der Waals surface area (Å²) in [5.74, 6) is -0.381. The highest BCUT2D eigenvalue weighted by atomic mass is 35.5. The fourth-order valence-electron chi connectivity index (χ4n) is 3.51. The molecule has 2 aromatic carbocycles. The second kappa shape index (κ2) is 14.3. The number of carbonyl (C=O) groups excluding carboxylic acids is 3. The molecular weight excluding hydrogens is 507 g/mol. The molecule has 3 rings (SSSR count). The average Bonchev–Trinajstić information content (AvgIpc) is 2.79. The topological polar surface area (TPSA) is 143 Å². The number of carbonyl (C=O) groups is 3. The molecule has 0 aromatic heterocycles. The smallest absolute Gasteiger partial charge is 0.343 e. The minimum Gasteiger partial charge on any atom is -0.423 e. The van der Waals surface area contributed by atoms with Crippen molar-refractivity contribution in [1.82, 2.24) is 15.1 Å². The molecule has 1 aliphatic heterocycles. The first-order valence-corrected chi connectivity index (χ1v) is 11.0. The number of aliphatic imine (C=N–C) groups is 1. The molecular formula is C24H32Cl2N6O4. The summed E-state index contributed by atoms with van der Waals surface area (Å²) in [4.78, 5) is 44.8. The van der Waals surface area contributed by atoms with Gasteiger partial charge in [-0.05, 0) is 62.4 Å². The van der Waals surface area contributed by atoms with E-state index in [1.54, 1.807) is 53.4 Å². The fraction of sp³-hybridized carbons (Fsp3) is 0.333. The van der Waals surface area contributed by atoms with Gasteiger partial charge >= 0.3 is 5.97 Å². The van der Waals surface area contributed by atoms with Crippen molar-refractivity contribution in [2.45, 2.75) is 19.9 Å². The molecule has 0 bridgehead atoms. The second-order valence-corrected chi connectivity index (χ2v) is 8.29. The van der Waals surface area contributed by atoms with Gasteiger partial charge in [-0.15, -0.1) is 24.8 Å². The number of benzene rings is 2. The Labute approximate surface area is 222 Å². The molecule has 0 atom stereocenters. The van der Waals surface area contributed by atoms with Gasteiger partial charge in [0, 0.05) is 37.8 Å². The van der Waals surface area contributed by atoms with Gasteiger partial charge in [-0.3, -0.25) is 14.5 Å². The molecule has 1 saturated heterocycles. The Hall–Kier alpha value is -3.34. The number of esters is 1. The molecule has 196 valence electrons. The van der Waals surface area contributed by atoms with Crippen LogP contribution in [0.3, 0.4) is 0 Å². The number of nitrogens with two attached hydrogens (primary N) is 2. The van der Waals surface area contributed by atoms with E-state index in [0.29, 0.717) is 55.3 Å². The third-order valence-electron chi connectivity index (χ3n) is 5.15. The average molecular weight is 539 g/mol. The number of guanidine groups is 1. The first kappa shape index (κ1) is 30.7. The van der Waals surface area contributed by atoms with Crippen molar-refractivity contribution >= 4 is 54.2 Å². The maximum absolute atomic E-state index is 12.8.